The largest absolute Gasteiger partial charge is 0.361 e. The molecule has 0 aliphatic rings. The molecule has 9 heteroatoms. The Morgan fingerprint density at radius 1 is 1.17 bits per heavy atom. The van der Waals surface area contributed by atoms with Crippen LogP contribution in [0.25, 0.3) is 15.7 Å². The molecule has 0 bridgehead atoms. The van der Waals surface area contributed by atoms with Gasteiger partial charge in [-0.05, 0) is 26.8 Å². The first-order valence-corrected chi connectivity index (χ1v) is 7.98. The van der Waals surface area contributed by atoms with Crippen molar-refractivity contribution < 1.29 is 4.52 Å². The van der Waals surface area contributed by atoms with Gasteiger partial charge in [0.15, 0.2) is 10.8 Å². The average Bonchev–Trinajstić information content (AvgIpc) is 3.21. The van der Waals surface area contributed by atoms with Gasteiger partial charge in [-0.25, -0.2) is 0 Å². The van der Waals surface area contributed by atoms with E-state index in [4.69, 9.17) is 4.52 Å². The van der Waals surface area contributed by atoms with Crippen molar-refractivity contribution >= 4 is 16.3 Å². The van der Waals surface area contributed by atoms with E-state index in [0.717, 1.165) is 44.2 Å². The molecule has 4 aromatic rings. The summed E-state index contributed by atoms with van der Waals surface area (Å²) in [5, 5.41) is 22.3. The van der Waals surface area contributed by atoms with Gasteiger partial charge >= 0.3 is 0 Å². The molecule has 8 nitrogen and oxygen atoms in total. The lowest BCUT2D eigenvalue weighted by molar-refractivity contribution is 0.392. The van der Waals surface area contributed by atoms with Crippen LogP contribution in [-0.2, 0) is 13.5 Å². The zero-order valence-electron chi connectivity index (χ0n) is 13.2. The molecule has 0 aliphatic carbocycles. The summed E-state index contributed by atoms with van der Waals surface area (Å²) in [6.07, 6.45) is 0.593. The zero-order chi connectivity index (χ0) is 16.1. The Balaban J connectivity index is 1.77. The number of aryl methyl sites for hydroxylation is 4. The number of rotatable bonds is 3. The van der Waals surface area contributed by atoms with Crippen LogP contribution >= 0.6 is 11.3 Å². The van der Waals surface area contributed by atoms with Crippen molar-refractivity contribution in [3.63, 3.8) is 0 Å². The van der Waals surface area contributed by atoms with E-state index < -0.39 is 0 Å². The zero-order valence-corrected chi connectivity index (χ0v) is 14.0. The first kappa shape index (κ1) is 14.1. The van der Waals surface area contributed by atoms with Crippen LogP contribution in [0.3, 0.4) is 0 Å². The van der Waals surface area contributed by atoms with Crippen LogP contribution in [0, 0.1) is 20.8 Å². The summed E-state index contributed by atoms with van der Waals surface area (Å²) in [7, 11) is 1.91. The van der Waals surface area contributed by atoms with Crippen LogP contribution in [0.1, 0.15) is 28.5 Å². The molecule has 0 atom stereocenters. The predicted octanol–water partition coefficient (Wildman–Crippen LogP) is 2.09. The smallest absolute Gasteiger partial charge is 0.235 e. The SMILES string of the molecule is Cc1cc(-c2nn3c(Cc4c(C)noc4C)nnc3s2)n(C)n1. The maximum absolute atomic E-state index is 5.21. The van der Waals surface area contributed by atoms with E-state index in [2.05, 4.69) is 25.6 Å². The second kappa shape index (κ2) is 4.98. The molecule has 0 saturated carbocycles. The minimum absolute atomic E-state index is 0.593. The second-order valence-electron chi connectivity index (χ2n) is 5.49. The maximum Gasteiger partial charge on any atom is 0.235 e. The van der Waals surface area contributed by atoms with Gasteiger partial charge in [0.25, 0.3) is 0 Å². The fourth-order valence-electron chi connectivity index (χ4n) is 2.59. The highest BCUT2D eigenvalue weighted by Gasteiger charge is 2.18. The molecule has 0 aliphatic heterocycles. The summed E-state index contributed by atoms with van der Waals surface area (Å²) in [6, 6.07) is 2.01. The van der Waals surface area contributed by atoms with E-state index in [1.807, 2.05) is 38.6 Å². The van der Waals surface area contributed by atoms with Gasteiger partial charge < -0.3 is 4.52 Å². The lowest BCUT2D eigenvalue weighted by Crippen LogP contribution is -2.00. The highest BCUT2D eigenvalue weighted by atomic mass is 32.1. The van der Waals surface area contributed by atoms with Crippen LogP contribution in [-0.4, -0.2) is 34.7 Å². The molecular formula is C14H15N7OS. The van der Waals surface area contributed by atoms with Crippen molar-refractivity contribution in [1.82, 2.24) is 34.7 Å². The molecule has 4 aromatic heterocycles. The van der Waals surface area contributed by atoms with Crippen molar-refractivity contribution in [3.05, 3.63) is 34.6 Å². The normalized spacial score (nSPS) is 11.7. The second-order valence-corrected chi connectivity index (χ2v) is 6.45. The van der Waals surface area contributed by atoms with E-state index >= 15 is 0 Å². The van der Waals surface area contributed by atoms with Gasteiger partial charge in [0, 0.05) is 19.0 Å². The van der Waals surface area contributed by atoms with Crippen molar-refractivity contribution in [2.45, 2.75) is 27.2 Å². The fourth-order valence-corrected chi connectivity index (χ4v) is 3.50. The van der Waals surface area contributed by atoms with E-state index in [-0.39, 0.29) is 0 Å². The molecule has 4 heterocycles. The Labute approximate surface area is 135 Å². The highest BCUT2D eigenvalue weighted by Crippen LogP contribution is 2.26. The van der Waals surface area contributed by atoms with Crippen molar-refractivity contribution in [3.8, 4) is 10.7 Å². The monoisotopic (exact) mass is 329 g/mol. The van der Waals surface area contributed by atoms with Gasteiger partial charge in [-0.2, -0.15) is 14.7 Å². The highest BCUT2D eigenvalue weighted by molar-refractivity contribution is 7.19. The number of hydrogen-bond donors (Lipinski definition) is 0. The Kier molecular flexibility index (Phi) is 3.05. The lowest BCUT2D eigenvalue weighted by atomic mass is 10.1. The molecule has 0 unspecified atom stereocenters. The van der Waals surface area contributed by atoms with Crippen LogP contribution < -0.4 is 0 Å². The van der Waals surface area contributed by atoms with Gasteiger partial charge in [-0.3, -0.25) is 4.68 Å². The third-order valence-corrected chi connectivity index (χ3v) is 4.71. The molecule has 0 fully saturated rings. The Bertz CT molecular complexity index is 987. The van der Waals surface area contributed by atoms with Crippen molar-refractivity contribution in [2.75, 3.05) is 0 Å². The van der Waals surface area contributed by atoms with Gasteiger partial charge in [-0.1, -0.05) is 16.5 Å². The Hall–Kier alpha value is -2.55. The van der Waals surface area contributed by atoms with Gasteiger partial charge in [0.1, 0.15) is 5.76 Å². The topological polar surface area (TPSA) is 86.9 Å². The summed E-state index contributed by atoms with van der Waals surface area (Å²) in [5.74, 6) is 1.58. The Morgan fingerprint density at radius 3 is 2.65 bits per heavy atom. The van der Waals surface area contributed by atoms with Crippen LogP contribution in [0.5, 0.6) is 0 Å². The van der Waals surface area contributed by atoms with Gasteiger partial charge in [-0.15, -0.1) is 10.2 Å². The van der Waals surface area contributed by atoms with Gasteiger partial charge in [0.05, 0.1) is 17.1 Å². The first-order valence-electron chi connectivity index (χ1n) is 7.17. The summed E-state index contributed by atoms with van der Waals surface area (Å²) in [5.41, 5.74) is 3.84. The quantitative estimate of drug-likeness (QED) is 0.572. The summed E-state index contributed by atoms with van der Waals surface area (Å²) in [6.45, 7) is 5.79. The minimum Gasteiger partial charge on any atom is -0.361 e. The molecule has 0 radical (unpaired) electrons. The van der Waals surface area contributed by atoms with E-state index in [1.165, 1.54) is 11.3 Å². The summed E-state index contributed by atoms with van der Waals surface area (Å²) in [4.78, 5) is 0.764. The predicted molar refractivity (Wildman–Crippen MR) is 84.4 cm³/mol. The molecule has 4 rings (SSSR count). The van der Waals surface area contributed by atoms with Crippen molar-refractivity contribution in [2.24, 2.45) is 7.05 Å². The number of fused-ring (bicyclic) bond motifs is 1. The molecule has 0 N–H and O–H groups in total. The van der Waals surface area contributed by atoms with Crippen LogP contribution in [0.15, 0.2) is 10.6 Å². The third-order valence-electron chi connectivity index (χ3n) is 3.79. The number of aromatic nitrogens is 7. The Morgan fingerprint density at radius 2 is 2.00 bits per heavy atom. The average molecular weight is 329 g/mol. The molecular weight excluding hydrogens is 314 g/mol. The van der Waals surface area contributed by atoms with Crippen LogP contribution in [0.4, 0.5) is 0 Å². The third kappa shape index (κ3) is 2.24. The maximum atomic E-state index is 5.21. The molecule has 118 valence electrons. The fraction of sp³-hybridized carbons (Fsp3) is 0.357. The minimum atomic E-state index is 0.593. The van der Waals surface area contributed by atoms with Gasteiger partial charge in [0.2, 0.25) is 4.96 Å². The lowest BCUT2D eigenvalue weighted by Gasteiger charge is -1.97. The van der Waals surface area contributed by atoms with Crippen LogP contribution in [0.2, 0.25) is 0 Å². The molecule has 0 aromatic carbocycles. The van der Waals surface area contributed by atoms with Crippen molar-refractivity contribution in [1.29, 1.82) is 0 Å². The first-order chi connectivity index (χ1) is 11.0. The van der Waals surface area contributed by atoms with E-state index in [9.17, 15) is 0 Å². The standard InChI is InChI=1S/C14H15N7OS/c1-7-5-11(20(4)17-7)13-18-21-12(15-16-14(21)23-13)6-10-8(2)19-22-9(10)3/h5H,6H2,1-4H3. The van der Waals surface area contributed by atoms with E-state index in [1.54, 1.807) is 4.52 Å². The summed E-state index contributed by atoms with van der Waals surface area (Å²) >= 11 is 1.50. The summed E-state index contributed by atoms with van der Waals surface area (Å²) < 4.78 is 8.83. The van der Waals surface area contributed by atoms with E-state index in [0.29, 0.717) is 6.42 Å². The molecule has 23 heavy (non-hydrogen) atoms. The molecule has 0 saturated heterocycles. The molecule has 0 spiro atoms. The number of hydrogen-bond acceptors (Lipinski definition) is 7. The number of nitrogens with zero attached hydrogens (tertiary/aromatic N) is 7. The molecule has 0 amide bonds.